The molecule has 186 valence electrons. The smallest absolute Gasteiger partial charge is 0.242 e. The highest BCUT2D eigenvalue weighted by molar-refractivity contribution is 7.92. The minimum Gasteiger partial charge on any atom is -0.357 e. The fraction of sp³-hybridized carbons (Fsp3) is 0.391. The van der Waals surface area contributed by atoms with E-state index in [0.717, 1.165) is 34.3 Å². The van der Waals surface area contributed by atoms with Crippen molar-refractivity contribution in [2.75, 3.05) is 24.2 Å². The van der Waals surface area contributed by atoms with Crippen molar-refractivity contribution in [1.82, 2.24) is 10.2 Å². The first-order chi connectivity index (χ1) is 16.0. The van der Waals surface area contributed by atoms with Gasteiger partial charge in [-0.05, 0) is 42.7 Å². The van der Waals surface area contributed by atoms with Crippen LogP contribution in [0.2, 0.25) is 5.02 Å². The first kappa shape index (κ1) is 27.5. The average Bonchev–Trinajstić information content (AvgIpc) is 2.78. The van der Waals surface area contributed by atoms with E-state index in [0.29, 0.717) is 11.4 Å². The Labute approximate surface area is 203 Å². The molecule has 0 unspecified atom stereocenters. The Bertz CT molecular complexity index is 1110. The summed E-state index contributed by atoms with van der Waals surface area (Å²) >= 11 is 5.93. The Kier molecular flexibility index (Phi) is 9.81. The van der Waals surface area contributed by atoms with E-state index in [-0.39, 0.29) is 43.4 Å². The van der Waals surface area contributed by atoms with Crippen LogP contribution in [0.15, 0.2) is 42.5 Å². The van der Waals surface area contributed by atoms with Crippen LogP contribution in [-0.2, 0) is 26.2 Å². The lowest BCUT2D eigenvalue weighted by atomic mass is 10.1. The zero-order chi connectivity index (χ0) is 25.5. The summed E-state index contributed by atoms with van der Waals surface area (Å²) in [7, 11) is -2.33. The normalized spacial score (nSPS) is 12.2. The number of hydrogen-bond donors (Lipinski definition) is 1. The van der Waals surface area contributed by atoms with Crippen LogP contribution in [0.4, 0.5) is 14.5 Å². The van der Waals surface area contributed by atoms with Crippen molar-refractivity contribution in [3.8, 4) is 0 Å². The molecule has 0 bridgehead atoms. The van der Waals surface area contributed by atoms with Gasteiger partial charge in [0.1, 0.15) is 6.04 Å². The number of carbonyl (C=O) groups is 2. The number of amides is 2. The quantitative estimate of drug-likeness (QED) is 0.494. The second-order valence-electron chi connectivity index (χ2n) is 7.72. The van der Waals surface area contributed by atoms with E-state index in [1.165, 1.54) is 11.9 Å². The molecule has 0 aliphatic rings. The Balaban J connectivity index is 2.19. The van der Waals surface area contributed by atoms with Crippen molar-refractivity contribution in [3.63, 3.8) is 0 Å². The number of nitrogens with one attached hydrogen (secondary N) is 1. The van der Waals surface area contributed by atoms with Gasteiger partial charge in [0.15, 0.2) is 11.6 Å². The number of nitrogens with zero attached hydrogens (tertiary/aromatic N) is 2. The van der Waals surface area contributed by atoms with Gasteiger partial charge in [0.05, 0.1) is 11.9 Å². The van der Waals surface area contributed by atoms with Crippen LogP contribution >= 0.6 is 11.6 Å². The van der Waals surface area contributed by atoms with Gasteiger partial charge in [-0.3, -0.25) is 13.9 Å². The van der Waals surface area contributed by atoms with Gasteiger partial charge in [0, 0.05) is 37.6 Å². The summed E-state index contributed by atoms with van der Waals surface area (Å²) in [5.74, 6) is -2.92. The summed E-state index contributed by atoms with van der Waals surface area (Å²) in [5, 5.41) is 3.10. The van der Waals surface area contributed by atoms with Gasteiger partial charge in [0.25, 0.3) is 0 Å². The van der Waals surface area contributed by atoms with Crippen LogP contribution in [0.3, 0.4) is 0 Å². The van der Waals surface area contributed by atoms with E-state index in [9.17, 15) is 26.8 Å². The molecule has 0 heterocycles. The molecule has 0 saturated carbocycles. The lowest BCUT2D eigenvalue weighted by molar-refractivity contribution is -0.141. The number of sulfonamides is 1. The molecule has 0 aliphatic heterocycles. The number of halogens is 3. The predicted molar refractivity (Wildman–Crippen MR) is 128 cm³/mol. The molecule has 34 heavy (non-hydrogen) atoms. The van der Waals surface area contributed by atoms with Crippen LogP contribution in [0.5, 0.6) is 0 Å². The number of carbonyl (C=O) groups excluding carboxylic acids is 2. The maximum atomic E-state index is 13.6. The summed E-state index contributed by atoms with van der Waals surface area (Å²) in [4.78, 5) is 27.0. The highest BCUT2D eigenvalue weighted by Crippen LogP contribution is 2.22. The summed E-state index contributed by atoms with van der Waals surface area (Å²) in [5.41, 5.74) is 0.739. The maximum absolute atomic E-state index is 13.6. The predicted octanol–water partition coefficient (Wildman–Crippen LogP) is 3.72. The van der Waals surface area contributed by atoms with Crippen LogP contribution in [-0.4, -0.2) is 51.0 Å². The summed E-state index contributed by atoms with van der Waals surface area (Å²) in [6, 6.07) is 8.97. The maximum Gasteiger partial charge on any atom is 0.242 e. The first-order valence-electron chi connectivity index (χ1n) is 10.7. The Morgan fingerprint density at radius 1 is 1.09 bits per heavy atom. The SMILES string of the molecule is CC[C@H](C(=O)NC)N(Cc1ccc(Cl)cc1)C(=O)CCCN(c1ccc(F)c(F)c1)S(C)(=O)=O. The number of anilines is 1. The van der Waals surface area contributed by atoms with Gasteiger partial charge in [-0.2, -0.15) is 0 Å². The van der Waals surface area contributed by atoms with Crippen LogP contribution in [0.1, 0.15) is 31.7 Å². The minimum absolute atomic E-state index is 0.0383. The van der Waals surface area contributed by atoms with Crippen molar-refractivity contribution in [2.45, 2.75) is 38.8 Å². The molecule has 0 fully saturated rings. The fourth-order valence-electron chi connectivity index (χ4n) is 3.52. The lowest BCUT2D eigenvalue weighted by Crippen LogP contribution is -2.48. The topological polar surface area (TPSA) is 86.8 Å². The number of rotatable bonds is 11. The minimum atomic E-state index is -3.81. The molecule has 2 amide bonds. The summed E-state index contributed by atoms with van der Waals surface area (Å²) in [6.07, 6.45) is 1.37. The van der Waals surface area contributed by atoms with Crippen LogP contribution in [0, 0.1) is 11.6 Å². The van der Waals surface area contributed by atoms with E-state index >= 15 is 0 Å². The molecule has 0 spiro atoms. The summed E-state index contributed by atoms with van der Waals surface area (Å²) in [6.45, 7) is 1.83. The highest BCUT2D eigenvalue weighted by atomic mass is 35.5. The Morgan fingerprint density at radius 3 is 2.26 bits per heavy atom. The summed E-state index contributed by atoms with van der Waals surface area (Å²) < 4.78 is 52.3. The number of hydrogen-bond acceptors (Lipinski definition) is 4. The molecule has 0 radical (unpaired) electrons. The van der Waals surface area contributed by atoms with Gasteiger partial charge < -0.3 is 10.2 Å². The fourth-order valence-corrected chi connectivity index (χ4v) is 4.60. The van der Waals surface area contributed by atoms with Crippen molar-refractivity contribution >= 4 is 39.1 Å². The average molecular weight is 516 g/mol. The molecule has 0 saturated heterocycles. The van der Waals surface area contributed by atoms with Gasteiger partial charge >= 0.3 is 0 Å². The monoisotopic (exact) mass is 515 g/mol. The molecule has 1 atom stereocenters. The third-order valence-electron chi connectivity index (χ3n) is 5.24. The number of likely N-dealkylation sites (N-methyl/N-ethyl adjacent to an activating group) is 1. The van der Waals surface area contributed by atoms with Gasteiger partial charge in [-0.15, -0.1) is 0 Å². The molecule has 2 aromatic carbocycles. The third-order valence-corrected chi connectivity index (χ3v) is 6.69. The van der Waals surface area contributed by atoms with Crippen molar-refractivity contribution in [3.05, 3.63) is 64.7 Å². The molecule has 7 nitrogen and oxygen atoms in total. The van der Waals surface area contributed by atoms with Gasteiger partial charge in [-0.1, -0.05) is 30.7 Å². The van der Waals surface area contributed by atoms with Gasteiger partial charge in [-0.25, -0.2) is 17.2 Å². The standard InChI is InChI=1S/C23H28ClF2N3O4S/c1-4-21(23(31)27-2)28(15-16-7-9-17(24)10-8-16)22(30)6-5-13-29(34(3,32)33)18-11-12-19(25)20(26)14-18/h7-12,14,21H,4-6,13,15H2,1-3H3,(H,27,31)/t21-/m1/s1. The highest BCUT2D eigenvalue weighted by Gasteiger charge is 2.28. The second-order valence-corrected chi connectivity index (χ2v) is 10.1. The van der Waals surface area contributed by atoms with E-state index < -0.39 is 27.7 Å². The molecule has 0 aromatic heterocycles. The number of benzene rings is 2. The van der Waals surface area contributed by atoms with E-state index in [1.807, 2.05) is 0 Å². The van der Waals surface area contributed by atoms with Crippen LogP contribution in [0.25, 0.3) is 0 Å². The zero-order valence-corrected chi connectivity index (χ0v) is 20.8. The Morgan fingerprint density at radius 2 is 1.74 bits per heavy atom. The van der Waals surface area contributed by atoms with Crippen molar-refractivity contribution in [2.24, 2.45) is 0 Å². The third kappa shape index (κ3) is 7.39. The molecule has 2 aromatic rings. The van der Waals surface area contributed by atoms with E-state index in [1.54, 1.807) is 31.2 Å². The van der Waals surface area contributed by atoms with Crippen molar-refractivity contribution in [1.29, 1.82) is 0 Å². The molecular formula is C23H28ClF2N3O4S. The molecule has 11 heteroatoms. The molecular weight excluding hydrogens is 488 g/mol. The van der Waals surface area contributed by atoms with E-state index in [4.69, 9.17) is 11.6 Å². The largest absolute Gasteiger partial charge is 0.357 e. The second kappa shape index (κ2) is 12.1. The molecule has 2 rings (SSSR count). The van der Waals surface area contributed by atoms with Crippen LogP contribution < -0.4 is 9.62 Å². The van der Waals surface area contributed by atoms with Crippen molar-refractivity contribution < 1.29 is 26.8 Å². The van der Waals surface area contributed by atoms with Gasteiger partial charge in [0.2, 0.25) is 21.8 Å². The molecule has 0 aliphatic carbocycles. The first-order valence-corrected chi connectivity index (χ1v) is 12.9. The lowest BCUT2D eigenvalue weighted by Gasteiger charge is -2.30. The zero-order valence-electron chi connectivity index (χ0n) is 19.2. The molecule has 1 N–H and O–H groups in total. The Hall–Kier alpha value is -2.72. The van der Waals surface area contributed by atoms with E-state index in [2.05, 4.69) is 5.32 Å².